The maximum absolute atomic E-state index is 12.5. The average Bonchev–Trinajstić information content (AvgIpc) is 3.55. The minimum absolute atomic E-state index is 0.0308. The minimum atomic E-state index is -0.121. The van der Waals surface area contributed by atoms with Gasteiger partial charge < -0.3 is 10.2 Å². The maximum Gasteiger partial charge on any atom is 0.228 e. The normalized spacial score (nSPS) is 23.3. The first-order chi connectivity index (χ1) is 17.0. The second-order valence-electron chi connectivity index (χ2n) is 9.00. The third kappa shape index (κ3) is 5.16. The Morgan fingerprint density at radius 2 is 2.09 bits per heavy atom. The van der Waals surface area contributed by atoms with Gasteiger partial charge in [-0.2, -0.15) is 5.26 Å². The zero-order chi connectivity index (χ0) is 24.4. The summed E-state index contributed by atoms with van der Waals surface area (Å²) in [6, 6.07) is 17.4. The van der Waals surface area contributed by atoms with Crippen LogP contribution >= 0.6 is 22.9 Å². The molecule has 3 aromatic rings. The monoisotopic (exact) mass is 507 g/mol. The summed E-state index contributed by atoms with van der Waals surface area (Å²) in [5.41, 5.74) is 9.59. The third-order valence-electron chi connectivity index (χ3n) is 6.75. The highest BCUT2D eigenvalue weighted by Gasteiger charge is 2.43. The highest BCUT2D eigenvalue weighted by Crippen LogP contribution is 2.37. The summed E-state index contributed by atoms with van der Waals surface area (Å²) in [6.45, 7) is 0.883. The Hall–Kier alpha value is -3.03. The fourth-order valence-corrected chi connectivity index (χ4v) is 6.23. The quantitative estimate of drug-likeness (QED) is 0.438. The number of hydrogen-bond acceptors (Lipinski definition) is 8. The van der Waals surface area contributed by atoms with Gasteiger partial charge in [0.2, 0.25) is 11.0 Å². The predicted molar refractivity (Wildman–Crippen MR) is 138 cm³/mol. The largest absolute Gasteiger partial charge is 0.345 e. The Kier molecular flexibility index (Phi) is 6.97. The van der Waals surface area contributed by atoms with Crippen molar-refractivity contribution in [3.63, 3.8) is 0 Å². The zero-order valence-electron chi connectivity index (χ0n) is 19.2. The number of anilines is 2. The number of rotatable bonds is 6. The van der Waals surface area contributed by atoms with Crippen LogP contribution in [0.3, 0.4) is 0 Å². The van der Waals surface area contributed by atoms with Crippen LogP contribution in [0.15, 0.2) is 48.5 Å². The van der Waals surface area contributed by atoms with Crippen LogP contribution in [0.2, 0.25) is 0 Å². The molecule has 2 aliphatic rings. The number of nitrogens with one attached hydrogen (secondary N) is 3. The summed E-state index contributed by atoms with van der Waals surface area (Å²) in [5, 5.41) is 22.4. The van der Waals surface area contributed by atoms with Crippen molar-refractivity contribution in [3.8, 4) is 16.6 Å². The van der Waals surface area contributed by atoms with Gasteiger partial charge in [-0.25, -0.2) is 0 Å². The summed E-state index contributed by atoms with van der Waals surface area (Å²) in [5.74, 6) is 0.277. The van der Waals surface area contributed by atoms with Gasteiger partial charge in [0.15, 0.2) is 0 Å². The zero-order valence-corrected chi connectivity index (χ0v) is 20.8. The Balaban J connectivity index is 1.24. The Morgan fingerprint density at radius 3 is 2.89 bits per heavy atom. The van der Waals surface area contributed by atoms with E-state index < -0.39 is 0 Å². The van der Waals surface area contributed by atoms with Gasteiger partial charge in [-0.1, -0.05) is 35.6 Å². The van der Waals surface area contributed by atoms with E-state index >= 15 is 0 Å². The van der Waals surface area contributed by atoms with Crippen LogP contribution < -0.4 is 21.1 Å². The lowest BCUT2D eigenvalue weighted by Gasteiger charge is -2.40. The fourth-order valence-electron chi connectivity index (χ4n) is 4.81. The van der Waals surface area contributed by atoms with Gasteiger partial charge in [0.05, 0.1) is 23.4 Å². The number of hydrogen-bond donors (Lipinski definition) is 3. The average molecular weight is 508 g/mol. The Labute approximate surface area is 213 Å². The van der Waals surface area contributed by atoms with Crippen molar-refractivity contribution in [2.75, 3.05) is 23.8 Å². The molecule has 1 saturated carbocycles. The van der Waals surface area contributed by atoms with E-state index in [0.29, 0.717) is 23.2 Å². The number of alkyl halides is 1. The molecule has 0 spiro atoms. The molecular weight excluding hydrogens is 482 g/mol. The van der Waals surface area contributed by atoms with Gasteiger partial charge in [0.1, 0.15) is 5.01 Å². The van der Waals surface area contributed by atoms with Crippen LogP contribution in [0.4, 0.5) is 10.8 Å². The topological polar surface area (TPSA) is 106 Å². The maximum atomic E-state index is 12.5. The molecule has 5 rings (SSSR count). The van der Waals surface area contributed by atoms with Crippen molar-refractivity contribution < 1.29 is 4.79 Å². The van der Waals surface area contributed by atoms with Gasteiger partial charge in [-0.05, 0) is 42.7 Å². The number of fused-ring (bicyclic) bond motifs is 1. The molecule has 4 atom stereocenters. The molecular formula is C25H26ClN7OS. The van der Waals surface area contributed by atoms with E-state index in [1.807, 2.05) is 31.3 Å². The molecule has 0 bridgehead atoms. The first-order valence-electron chi connectivity index (χ1n) is 11.6. The number of hydrazine groups is 1. The van der Waals surface area contributed by atoms with E-state index in [1.54, 1.807) is 24.3 Å². The van der Waals surface area contributed by atoms with Crippen molar-refractivity contribution in [2.45, 2.75) is 36.7 Å². The molecule has 8 nitrogen and oxygen atoms in total. The van der Waals surface area contributed by atoms with E-state index in [1.165, 1.54) is 11.3 Å². The number of carbonyl (C=O) groups is 1. The molecule has 1 aliphatic heterocycles. The second-order valence-corrected chi connectivity index (χ2v) is 10.5. The van der Waals surface area contributed by atoms with Gasteiger partial charge in [0, 0.05) is 42.8 Å². The lowest BCUT2D eigenvalue weighted by molar-refractivity contribution is -0.115. The Bertz CT molecular complexity index is 1240. The molecule has 35 heavy (non-hydrogen) atoms. The summed E-state index contributed by atoms with van der Waals surface area (Å²) in [6.07, 6.45) is 2.31. The van der Waals surface area contributed by atoms with E-state index in [4.69, 9.17) is 16.9 Å². The standard InChI is InChI=1S/C25H26ClN7OS/c1-33(21-10-9-20-19(23(21)26)14-28-30-20)25-32-31-24(35-25)17-3-2-4-18(12-17)29-22(34)11-15-5-7-16(13-27)8-6-15/h2-8,12,19-21,23,28,30H,9-11,14H2,1H3,(H,29,34). The SMILES string of the molecule is CN(c1nnc(-c2cccc(NC(=O)Cc3ccc(C#N)cc3)c2)s1)C1CCC2NNCC2C1Cl. The number of carbonyl (C=O) groups excluding carboxylic acids is 1. The minimum Gasteiger partial charge on any atom is -0.345 e. The lowest BCUT2D eigenvalue weighted by Crippen LogP contribution is -2.50. The summed E-state index contributed by atoms with van der Waals surface area (Å²) in [7, 11) is 2.04. The number of benzene rings is 2. The lowest BCUT2D eigenvalue weighted by atomic mass is 9.82. The van der Waals surface area contributed by atoms with E-state index in [2.05, 4.69) is 37.3 Å². The first-order valence-corrected chi connectivity index (χ1v) is 12.9. The van der Waals surface area contributed by atoms with E-state index in [9.17, 15) is 4.79 Å². The van der Waals surface area contributed by atoms with Gasteiger partial charge in [-0.3, -0.25) is 15.6 Å². The van der Waals surface area contributed by atoms with E-state index in [-0.39, 0.29) is 23.7 Å². The van der Waals surface area contributed by atoms with Gasteiger partial charge in [0.25, 0.3) is 0 Å². The summed E-state index contributed by atoms with van der Waals surface area (Å²) >= 11 is 8.40. The van der Waals surface area contributed by atoms with Crippen molar-refractivity contribution >= 4 is 39.7 Å². The molecule has 2 heterocycles. The molecule has 4 unspecified atom stereocenters. The molecule has 0 radical (unpaired) electrons. The molecule has 2 fully saturated rings. The smallest absolute Gasteiger partial charge is 0.228 e. The summed E-state index contributed by atoms with van der Waals surface area (Å²) in [4.78, 5) is 14.7. The van der Waals surface area contributed by atoms with Crippen LogP contribution in [0.1, 0.15) is 24.0 Å². The predicted octanol–water partition coefficient (Wildman–Crippen LogP) is 3.56. The summed E-state index contributed by atoms with van der Waals surface area (Å²) < 4.78 is 0. The fraction of sp³-hybridized carbons (Fsp3) is 0.360. The van der Waals surface area contributed by atoms with Crippen molar-refractivity contribution in [3.05, 3.63) is 59.7 Å². The molecule has 2 aromatic carbocycles. The number of aromatic nitrogens is 2. The number of nitriles is 1. The van der Waals surface area contributed by atoms with Crippen LogP contribution in [0.25, 0.3) is 10.6 Å². The van der Waals surface area contributed by atoms with Crippen molar-refractivity contribution in [1.82, 2.24) is 21.0 Å². The highest BCUT2D eigenvalue weighted by atomic mass is 35.5. The highest BCUT2D eigenvalue weighted by molar-refractivity contribution is 7.18. The first kappa shape index (κ1) is 23.7. The van der Waals surface area contributed by atoms with Crippen LogP contribution in [-0.4, -0.2) is 47.2 Å². The number of halogens is 1. The van der Waals surface area contributed by atoms with Gasteiger partial charge >= 0.3 is 0 Å². The van der Waals surface area contributed by atoms with E-state index in [0.717, 1.165) is 40.7 Å². The van der Waals surface area contributed by atoms with Gasteiger partial charge in [-0.15, -0.1) is 21.8 Å². The van der Waals surface area contributed by atoms with Crippen LogP contribution in [0.5, 0.6) is 0 Å². The van der Waals surface area contributed by atoms with Crippen molar-refractivity contribution in [2.24, 2.45) is 5.92 Å². The molecule has 1 aliphatic carbocycles. The van der Waals surface area contributed by atoms with Crippen LogP contribution in [-0.2, 0) is 11.2 Å². The molecule has 10 heteroatoms. The third-order valence-corrected chi connectivity index (χ3v) is 8.42. The number of amides is 1. The number of nitrogens with zero attached hydrogens (tertiary/aromatic N) is 4. The van der Waals surface area contributed by atoms with Crippen LogP contribution in [0, 0.1) is 17.2 Å². The molecule has 1 amide bonds. The van der Waals surface area contributed by atoms with Crippen molar-refractivity contribution in [1.29, 1.82) is 5.26 Å². The molecule has 3 N–H and O–H groups in total. The molecule has 1 saturated heterocycles. The Morgan fingerprint density at radius 1 is 1.26 bits per heavy atom. The molecule has 180 valence electrons. The second kappa shape index (κ2) is 10.3. The molecule has 1 aromatic heterocycles.